The highest BCUT2D eigenvalue weighted by Crippen LogP contribution is 2.23. The molecule has 0 saturated heterocycles. The van der Waals surface area contributed by atoms with Crippen LogP contribution in [0.1, 0.15) is 5.69 Å². The Kier molecular flexibility index (Phi) is 3.12. The summed E-state index contributed by atoms with van der Waals surface area (Å²) in [5, 5.41) is 0. The van der Waals surface area contributed by atoms with Crippen molar-refractivity contribution in [2.75, 3.05) is 0 Å². The highest BCUT2D eigenvalue weighted by molar-refractivity contribution is 7.80. The van der Waals surface area contributed by atoms with Gasteiger partial charge in [-0.25, -0.2) is 4.98 Å². The number of nitrogens with zero attached hydrogens (tertiary/aromatic N) is 1. The van der Waals surface area contributed by atoms with Gasteiger partial charge in [0.15, 0.2) is 5.75 Å². The molecular formula is C12H10N2OS. The van der Waals surface area contributed by atoms with Gasteiger partial charge in [-0.2, -0.15) is 0 Å². The average molecular weight is 230 g/mol. The van der Waals surface area contributed by atoms with Gasteiger partial charge in [0.05, 0.1) is 0 Å². The number of hydrogen-bond donors (Lipinski definition) is 1. The minimum atomic E-state index is 0.228. The number of hydrogen-bond acceptors (Lipinski definition) is 3. The van der Waals surface area contributed by atoms with E-state index in [1.165, 1.54) is 0 Å². The normalized spacial score (nSPS) is 9.75. The van der Waals surface area contributed by atoms with E-state index in [1.54, 1.807) is 18.3 Å². The number of thiocarbonyl (C=S) groups is 1. The molecular weight excluding hydrogens is 220 g/mol. The smallest absolute Gasteiger partial charge is 0.156 e. The topological polar surface area (TPSA) is 48.1 Å². The van der Waals surface area contributed by atoms with E-state index in [4.69, 9.17) is 22.7 Å². The predicted molar refractivity (Wildman–Crippen MR) is 66.6 cm³/mol. The van der Waals surface area contributed by atoms with Crippen LogP contribution in [0.3, 0.4) is 0 Å². The monoisotopic (exact) mass is 230 g/mol. The number of benzene rings is 1. The molecule has 0 aliphatic heterocycles. The summed E-state index contributed by atoms with van der Waals surface area (Å²) in [6.45, 7) is 0. The maximum Gasteiger partial charge on any atom is 0.156 e. The molecule has 0 spiro atoms. The molecule has 0 saturated carbocycles. The van der Waals surface area contributed by atoms with E-state index in [0.717, 1.165) is 5.75 Å². The molecule has 2 aromatic rings. The lowest BCUT2D eigenvalue weighted by molar-refractivity contribution is 0.479. The number of rotatable bonds is 3. The number of para-hydroxylation sites is 1. The fourth-order valence-corrected chi connectivity index (χ4v) is 1.43. The van der Waals surface area contributed by atoms with Gasteiger partial charge in [0.25, 0.3) is 0 Å². The van der Waals surface area contributed by atoms with Crippen molar-refractivity contribution in [2.24, 2.45) is 5.73 Å². The molecule has 0 atom stereocenters. The van der Waals surface area contributed by atoms with Crippen molar-refractivity contribution >= 4 is 17.2 Å². The van der Waals surface area contributed by atoms with Crippen molar-refractivity contribution < 1.29 is 4.74 Å². The molecule has 16 heavy (non-hydrogen) atoms. The van der Waals surface area contributed by atoms with Gasteiger partial charge < -0.3 is 10.5 Å². The molecule has 2 rings (SSSR count). The molecule has 1 heterocycles. The second-order valence-corrected chi connectivity index (χ2v) is 3.57. The van der Waals surface area contributed by atoms with Gasteiger partial charge in [-0.15, -0.1) is 0 Å². The molecule has 0 unspecified atom stereocenters. The largest absolute Gasteiger partial charge is 0.455 e. The van der Waals surface area contributed by atoms with Gasteiger partial charge in [-0.3, -0.25) is 0 Å². The lowest BCUT2D eigenvalue weighted by atomic mass is 10.3. The van der Waals surface area contributed by atoms with Crippen LogP contribution >= 0.6 is 12.2 Å². The summed E-state index contributed by atoms with van der Waals surface area (Å²) in [4.78, 5) is 4.31. The standard InChI is InChI=1S/C12H10N2OS/c13-12(16)11-10(7-4-8-14-11)15-9-5-2-1-3-6-9/h1-8H,(H2,13,16). The minimum Gasteiger partial charge on any atom is -0.455 e. The fourth-order valence-electron chi connectivity index (χ4n) is 1.27. The Bertz CT molecular complexity index is 499. The van der Waals surface area contributed by atoms with Crippen molar-refractivity contribution in [2.45, 2.75) is 0 Å². The Balaban J connectivity index is 2.31. The molecule has 0 bridgehead atoms. The summed E-state index contributed by atoms with van der Waals surface area (Å²) in [5.41, 5.74) is 6.06. The third-order valence-corrected chi connectivity index (χ3v) is 2.17. The minimum absolute atomic E-state index is 0.228. The molecule has 4 heteroatoms. The van der Waals surface area contributed by atoms with Crippen LogP contribution in [0.25, 0.3) is 0 Å². The molecule has 0 amide bonds. The van der Waals surface area contributed by atoms with Crippen molar-refractivity contribution in [1.82, 2.24) is 4.98 Å². The molecule has 0 aliphatic carbocycles. The van der Waals surface area contributed by atoms with E-state index in [2.05, 4.69) is 4.98 Å². The molecule has 80 valence electrons. The first-order valence-electron chi connectivity index (χ1n) is 4.75. The van der Waals surface area contributed by atoms with Gasteiger partial charge in [0.2, 0.25) is 0 Å². The molecule has 0 fully saturated rings. The van der Waals surface area contributed by atoms with E-state index in [9.17, 15) is 0 Å². The summed E-state index contributed by atoms with van der Waals surface area (Å²) < 4.78 is 5.64. The average Bonchev–Trinajstić information content (AvgIpc) is 2.31. The van der Waals surface area contributed by atoms with Crippen molar-refractivity contribution in [3.63, 3.8) is 0 Å². The highest BCUT2D eigenvalue weighted by Gasteiger charge is 2.07. The zero-order chi connectivity index (χ0) is 11.4. The lowest BCUT2D eigenvalue weighted by Crippen LogP contribution is -2.12. The van der Waals surface area contributed by atoms with E-state index in [-0.39, 0.29) is 4.99 Å². The van der Waals surface area contributed by atoms with E-state index in [0.29, 0.717) is 11.4 Å². The van der Waals surface area contributed by atoms with Gasteiger partial charge in [-0.05, 0) is 24.3 Å². The number of ether oxygens (including phenoxy) is 1. The van der Waals surface area contributed by atoms with Gasteiger partial charge >= 0.3 is 0 Å². The first-order valence-corrected chi connectivity index (χ1v) is 5.16. The van der Waals surface area contributed by atoms with E-state index >= 15 is 0 Å². The first-order chi connectivity index (χ1) is 7.77. The second kappa shape index (κ2) is 4.72. The zero-order valence-corrected chi connectivity index (χ0v) is 9.28. The quantitative estimate of drug-likeness (QED) is 0.823. The van der Waals surface area contributed by atoms with Crippen LogP contribution in [0.4, 0.5) is 0 Å². The molecule has 0 radical (unpaired) electrons. The Morgan fingerprint density at radius 3 is 2.56 bits per heavy atom. The van der Waals surface area contributed by atoms with E-state index < -0.39 is 0 Å². The predicted octanol–water partition coefficient (Wildman–Crippen LogP) is 2.51. The second-order valence-electron chi connectivity index (χ2n) is 3.13. The van der Waals surface area contributed by atoms with Crippen LogP contribution in [0, 0.1) is 0 Å². The zero-order valence-electron chi connectivity index (χ0n) is 8.46. The van der Waals surface area contributed by atoms with Crippen molar-refractivity contribution in [3.8, 4) is 11.5 Å². The van der Waals surface area contributed by atoms with E-state index in [1.807, 2.05) is 30.3 Å². The third kappa shape index (κ3) is 2.35. The molecule has 1 aromatic carbocycles. The number of nitrogens with two attached hydrogens (primary N) is 1. The van der Waals surface area contributed by atoms with Crippen molar-refractivity contribution in [3.05, 3.63) is 54.4 Å². The Labute approximate surface area is 98.9 Å². The summed E-state index contributed by atoms with van der Waals surface area (Å²) in [6.07, 6.45) is 1.63. The number of pyridine rings is 1. The summed E-state index contributed by atoms with van der Waals surface area (Å²) in [5.74, 6) is 1.30. The maximum atomic E-state index is 5.64. The van der Waals surface area contributed by atoms with Crippen molar-refractivity contribution in [1.29, 1.82) is 0 Å². The first kappa shape index (κ1) is 10.6. The van der Waals surface area contributed by atoms with Crippen LogP contribution in [0.15, 0.2) is 48.7 Å². The van der Waals surface area contributed by atoms with Crippen LogP contribution in [0.5, 0.6) is 11.5 Å². The SMILES string of the molecule is NC(=S)c1ncccc1Oc1ccccc1. The summed E-state index contributed by atoms with van der Waals surface area (Å²) in [7, 11) is 0. The van der Waals surface area contributed by atoms with Crippen LogP contribution < -0.4 is 10.5 Å². The number of aromatic nitrogens is 1. The molecule has 2 N–H and O–H groups in total. The Morgan fingerprint density at radius 1 is 1.12 bits per heavy atom. The molecule has 3 nitrogen and oxygen atoms in total. The summed E-state index contributed by atoms with van der Waals surface area (Å²) >= 11 is 4.90. The van der Waals surface area contributed by atoms with Crippen LogP contribution in [-0.2, 0) is 0 Å². The third-order valence-electron chi connectivity index (χ3n) is 1.98. The van der Waals surface area contributed by atoms with Gasteiger partial charge in [-0.1, -0.05) is 30.4 Å². The van der Waals surface area contributed by atoms with Crippen LogP contribution in [0.2, 0.25) is 0 Å². The maximum absolute atomic E-state index is 5.64. The Morgan fingerprint density at radius 2 is 1.88 bits per heavy atom. The molecule has 0 aliphatic rings. The van der Waals surface area contributed by atoms with Gasteiger partial charge in [0, 0.05) is 6.20 Å². The summed E-state index contributed by atoms with van der Waals surface area (Å²) in [6, 6.07) is 13.0. The Hall–Kier alpha value is -1.94. The van der Waals surface area contributed by atoms with Gasteiger partial charge in [0.1, 0.15) is 16.4 Å². The lowest BCUT2D eigenvalue weighted by Gasteiger charge is -2.08. The molecule has 1 aromatic heterocycles. The van der Waals surface area contributed by atoms with Crippen LogP contribution in [-0.4, -0.2) is 9.97 Å². The highest BCUT2D eigenvalue weighted by atomic mass is 32.1. The fraction of sp³-hybridized carbons (Fsp3) is 0.